The van der Waals surface area contributed by atoms with Gasteiger partial charge in [0.25, 0.3) is 0 Å². The Labute approximate surface area is 188 Å². The number of phenolic OH excluding ortho intramolecular Hbond substituents is 1. The van der Waals surface area contributed by atoms with Gasteiger partial charge in [0, 0.05) is 42.9 Å². The van der Waals surface area contributed by atoms with Crippen molar-refractivity contribution in [2.75, 3.05) is 25.0 Å². The fraction of sp³-hybridized carbons (Fsp3) is 0.476. The molecular weight excluding hydrogens is 443 g/mol. The Hall–Kier alpha value is -3.12. The third-order valence-corrected chi connectivity index (χ3v) is 5.49. The molecule has 0 bridgehead atoms. The molecule has 0 amide bonds. The van der Waals surface area contributed by atoms with E-state index in [1.54, 1.807) is 6.92 Å². The van der Waals surface area contributed by atoms with E-state index >= 15 is 0 Å². The van der Waals surface area contributed by atoms with Gasteiger partial charge in [-0.1, -0.05) is 0 Å². The van der Waals surface area contributed by atoms with Crippen LogP contribution >= 0.6 is 0 Å². The van der Waals surface area contributed by atoms with Crippen molar-refractivity contribution < 1.29 is 32.9 Å². The average Bonchev–Trinajstić information content (AvgIpc) is 2.72. The molecule has 0 spiro atoms. The number of hydrogen-bond donors (Lipinski definition) is 4. The lowest BCUT2D eigenvalue weighted by Gasteiger charge is -2.33. The van der Waals surface area contributed by atoms with Gasteiger partial charge in [-0.2, -0.15) is 0 Å². The van der Waals surface area contributed by atoms with Crippen molar-refractivity contribution in [1.29, 1.82) is 0 Å². The van der Waals surface area contributed by atoms with Crippen molar-refractivity contribution in [3.63, 3.8) is 0 Å². The largest absolute Gasteiger partial charge is 0.573 e. The minimum atomic E-state index is -4.87. The van der Waals surface area contributed by atoms with Crippen molar-refractivity contribution in [3.05, 3.63) is 29.3 Å². The van der Waals surface area contributed by atoms with Gasteiger partial charge in [0.2, 0.25) is 0 Å². The third kappa shape index (κ3) is 6.45. The van der Waals surface area contributed by atoms with Crippen LogP contribution in [-0.2, 0) is 11.3 Å². The Morgan fingerprint density at radius 2 is 2.12 bits per heavy atom. The third-order valence-electron chi connectivity index (χ3n) is 5.49. The number of halogens is 3. The van der Waals surface area contributed by atoms with Gasteiger partial charge in [0.15, 0.2) is 5.82 Å². The fourth-order valence-corrected chi connectivity index (χ4v) is 3.91. The highest BCUT2D eigenvalue weighted by atomic mass is 19.4. The smallest absolute Gasteiger partial charge is 0.507 e. The van der Waals surface area contributed by atoms with E-state index in [1.807, 2.05) is 0 Å². The number of carbonyl (C=O) groups is 1. The number of aromatic nitrogens is 2. The van der Waals surface area contributed by atoms with Crippen LogP contribution in [-0.4, -0.2) is 63.3 Å². The van der Waals surface area contributed by atoms with E-state index in [4.69, 9.17) is 10.8 Å². The normalized spacial score (nSPS) is 17.1. The molecule has 12 heteroatoms. The Bertz CT molecular complexity index is 1000. The molecule has 1 aliphatic rings. The minimum Gasteiger partial charge on any atom is -0.507 e. The van der Waals surface area contributed by atoms with Gasteiger partial charge in [0.1, 0.15) is 17.2 Å². The number of carboxylic acid groups (broad SMARTS) is 1. The number of phenols is 1. The zero-order valence-electron chi connectivity index (χ0n) is 18.0. The van der Waals surface area contributed by atoms with E-state index in [-0.39, 0.29) is 24.6 Å². The molecule has 1 aliphatic heterocycles. The van der Waals surface area contributed by atoms with Gasteiger partial charge < -0.3 is 30.9 Å². The van der Waals surface area contributed by atoms with E-state index in [9.17, 15) is 23.1 Å². The zero-order chi connectivity index (χ0) is 24.2. The lowest BCUT2D eigenvalue weighted by molar-refractivity contribution is -0.274. The second-order valence-corrected chi connectivity index (χ2v) is 7.86. The molecule has 1 aromatic heterocycles. The topological polar surface area (TPSA) is 134 Å². The molecule has 0 unspecified atom stereocenters. The highest BCUT2D eigenvalue weighted by Crippen LogP contribution is 2.36. The lowest BCUT2D eigenvalue weighted by Crippen LogP contribution is -2.43. The van der Waals surface area contributed by atoms with E-state index in [0.717, 1.165) is 31.5 Å². The van der Waals surface area contributed by atoms with Crippen LogP contribution in [0.1, 0.15) is 30.4 Å². The number of likely N-dealkylation sites (tertiary alicyclic amines) is 1. The second-order valence-electron chi connectivity index (χ2n) is 7.86. The Balaban J connectivity index is 1.80. The summed E-state index contributed by atoms with van der Waals surface area (Å²) in [6, 6.07) is 3.27. The van der Waals surface area contributed by atoms with Crippen LogP contribution < -0.4 is 15.8 Å². The first-order chi connectivity index (χ1) is 15.6. The maximum atomic E-state index is 12.4. The number of nitrogens with zero attached hydrogens (tertiary/aromatic N) is 3. The fourth-order valence-electron chi connectivity index (χ4n) is 3.91. The molecule has 0 aliphatic carbocycles. The molecule has 2 heterocycles. The first-order valence-electron chi connectivity index (χ1n) is 10.4. The number of nitrogens with one attached hydrogen (secondary N) is 1. The summed E-state index contributed by atoms with van der Waals surface area (Å²) in [6.07, 6.45) is -3.02. The van der Waals surface area contributed by atoms with Crippen molar-refractivity contribution >= 4 is 11.8 Å². The molecule has 0 radical (unpaired) electrons. The summed E-state index contributed by atoms with van der Waals surface area (Å²) in [6.45, 7) is 3.82. The summed E-state index contributed by atoms with van der Waals surface area (Å²) in [5.41, 5.74) is 7.75. The number of aromatic hydroxyl groups is 1. The number of piperidine rings is 1. The van der Waals surface area contributed by atoms with Gasteiger partial charge in [0.05, 0.1) is 6.42 Å². The number of alkyl halides is 3. The molecule has 33 heavy (non-hydrogen) atoms. The van der Waals surface area contributed by atoms with Gasteiger partial charge in [-0.15, -0.1) is 23.4 Å². The number of benzene rings is 1. The molecular formula is C21H26F3N5O4. The molecule has 9 nitrogen and oxygen atoms in total. The summed E-state index contributed by atoms with van der Waals surface area (Å²) in [7, 11) is 0. The maximum absolute atomic E-state index is 12.4. The average molecular weight is 469 g/mol. The van der Waals surface area contributed by atoms with Crippen molar-refractivity contribution in [2.24, 2.45) is 5.73 Å². The molecule has 180 valence electrons. The van der Waals surface area contributed by atoms with Crippen molar-refractivity contribution in [3.8, 4) is 22.8 Å². The molecule has 2 aromatic rings. The number of aliphatic carboxylic acids is 1. The van der Waals surface area contributed by atoms with Crippen LogP contribution in [0, 0.1) is 6.92 Å². The number of anilines is 1. The predicted octanol–water partition coefficient (Wildman–Crippen LogP) is 2.87. The number of rotatable bonds is 8. The summed E-state index contributed by atoms with van der Waals surface area (Å²) >= 11 is 0. The SMILES string of the molecule is Cc1c(-c2ccc(OC(F)(F)F)cc2O)nnc(N[C@@H]2CCCN(CCC(=O)O)C2)c1CN. The highest BCUT2D eigenvalue weighted by Gasteiger charge is 2.31. The number of ether oxygens (including phenoxy) is 1. The van der Waals surface area contributed by atoms with Gasteiger partial charge in [-0.25, -0.2) is 0 Å². The van der Waals surface area contributed by atoms with Gasteiger partial charge in [-0.05, 0) is 44.0 Å². The summed E-state index contributed by atoms with van der Waals surface area (Å²) in [5, 5.41) is 30.9. The van der Waals surface area contributed by atoms with Crippen LogP contribution in [0.25, 0.3) is 11.3 Å². The monoisotopic (exact) mass is 469 g/mol. The van der Waals surface area contributed by atoms with Gasteiger partial charge in [-0.3, -0.25) is 4.79 Å². The summed E-state index contributed by atoms with van der Waals surface area (Å²) in [4.78, 5) is 12.9. The zero-order valence-corrected chi connectivity index (χ0v) is 18.0. The van der Waals surface area contributed by atoms with Crippen LogP contribution in [0.15, 0.2) is 18.2 Å². The standard InChI is InChI=1S/C21H26F3N5O4/c1-12-16(10-25)20(26-13-3-2-7-29(11-13)8-6-18(31)32)28-27-19(12)15-5-4-14(9-17(15)30)33-21(22,23)24/h4-5,9,13,30H,2-3,6-8,10-11,25H2,1H3,(H,26,28)(H,31,32)/t13-/m1/s1. The first kappa shape index (κ1) is 24.5. The Morgan fingerprint density at radius 3 is 2.76 bits per heavy atom. The number of carboxylic acids is 1. The van der Waals surface area contributed by atoms with Crippen LogP contribution in [0.4, 0.5) is 19.0 Å². The summed E-state index contributed by atoms with van der Waals surface area (Å²) in [5.74, 6) is -1.33. The molecule has 1 aromatic carbocycles. The molecule has 3 rings (SSSR count). The first-order valence-corrected chi connectivity index (χ1v) is 10.4. The predicted molar refractivity (Wildman–Crippen MR) is 114 cm³/mol. The quantitative estimate of drug-likeness (QED) is 0.460. The van der Waals surface area contributed by atoms with Crippen LogP contribution in [0.2, 0.25) is 0 Å². The highest BCUT2D eigenvalue weighted by molar-refractivity contribution is 5.72. The van der Waals surface area contributed by atoms with E-state index < -0.39 is 23.8 Å². The van der Waals surface area contributed by atoms with Crippen LogP contribution in [0.5, 0.6) is 11.5 Å². The van der Waals surface area contributed by atoms with Crippen LogP contribution in [0.3, 0.4) is 0 Å². The number of nitrogens with two attached hydrogens (primary N) is 1. The second kappa shape index (κ2) is 10.2. The number of hydrogen-bond acceptors (Lipinski definition) is 8. The summed E-state index contributed by atoms with van der Waals surface area (Å²) < 4.78 is 41.1. The Morgan fingerprint density at radius 1 is 1.36 bits per heavy atom. The van der Waals surface area contributed by atoms with E-state index in [1.165, 1.54) is 6.07 Å². The molecule has 1 atom stereocenters. The molecule has 5 N–H and O–H groups in total. The van der Waals surface area contributed by atoms with E-state index in [2.05, 4.69) is 25.2 Å². The van der Waals surface area contributed by atoms with E-state index in [0.29, 0.717) is 35.7 Å². The molecule has 0 saturated carbocycles. The minimum absolute atomic E-state index is 0.0320. The van der Waals surface area contributed by atoms with Crippen molar-refractivity contribution in [2.45, 2.75) is 45.1 Å². The lowest BCUT2D eigenvalue weighted by atomic mass is 10.0. The van der Waals surface area contributed by atoms with Crippen molar-refractivity contribution in [1.82, 2.24) is 15.1 Å². The molecule has 1 fully saturated rings. The van der Waals surface area contributed by atoms with Gasteiger partial charge >= 0.3 is 12.3 Å². The Kier molecular flexibility index (Phi) is 7.59. The molecule has 1 saturated heterocycles. The maximum Gasteiger partial charge on any atom is 0.573 e.